The molecule has 5 heteroatoms. The number of carboxylic acids is 1. The predicted octanol–water partition coefficient (Wildman–Crippen LogP) is 2.76. The van der Waals surface area contributed by atoms with Crippen LogP contribution in [-0.2, 0) is 9.36 Å². The highest BCUT2D eigenvalue weighted by Gasteiger charge is 2.42. The van der Waals surface area contributed by atoms with Crippen molar-refractivity contribution in [2.24, 2.45) is 0 Å². The Hall–Kier alpha value is -1.25. The van der Waals surface area contributed by atoms with E-state index in [4.69, 9.17) is 0 Å². The van der Waals surface area contributed by atoms with Gasteiger partial charge in [0.05, 0.1) is 0 Å². The Balaban J connectivity index is 3.07. The fourth-order valence-electron chi connectivity index (χ4n) is 1.89. The Kier molecular flexibility index (Phi) is 5.26. The van der Waals surface area contributed by atoms with Crippen molar-refractivity contribution in [3.05, 3.63) is 35.9 Å². The van der Waals surface area contributed by atoms with Crippen LogP contribution in [0.1, 0.15) is 31.2 Å². The van der Waals surface area contributed by atoms with Crippen molar-refractivity contribution in [1.82, 2.24) is 0 Å². The van der Waals surface area contributed by atoms with Crippen molar-refractivity contribution in [2.45, 2.75) is 31.3 Å². The molecule has 1 rings (SSSR count). The standard InChI is InChI=1S/C12H15O4P/c1-2-6-10(17(15)16)11(12(13)14)9-7-4-3-5-8-9/h3-5,7-8,10-11H,2,6H2,1H3,(H-,13,14,15,16)/p+1. The average molecular weight is 255 g/mol. The Morgan fingerprint density at radius 3 is 2.35 bits per heavy atom. The Morgan fingerprint density at radius 2 is 1.94 bits per heavy atom. The first kappa shape index (κ1) is 13.8. The lowest BCUT2D eigenvalue weighted by atomic mass is 9.93. The molecular formula is C12H16O4P+. The van der Waals surface area contributed by atoms with Gasteiger partial charge in [-0.05, 0) is 16.5 Å². The summed E-state index contributed by atoms with van der Waals surface area (Å²) in [6.45, 7) is 1.87. The normalized spacial score (nSPS) is 15.1. The van der Waals surface area contributed by atoms with Gasteiger partial charge >= 0.3 is 14.0 Å². The Labute approximate surface area is 101 Å². The van der Waals surface area contributed by atoms with Gasteiger partial charge in [0.15, 0.2) is 0 Å². The van der Waals surface area contributed by atoms with Crippen LogP contribution in [0.2, 0.25) is 0 Å². The van der Waals surface area contributed by atoms with E-state index in [0.717, 1.165) is 0 Å². The van der Waals surface area contributed by atoms with E-state index in [9.17, 15) is 19.4 Å². The molecule has 0 aliphatic rings. The second-order valence-corrected chi connectivity index (χ2v) is 5.15. The number of hydrogen-bond acceptors (Lipinski definition) is 2. The summed E-state index contributed by atoms with van der Waals surface area (Å²) >= 11 is 0. The van der Waals surface area contributed by atoms with Gasteiger partial charge in [0.25, 0.3) is 0 Å². The van der Waals surface area contributed by atoms with Gasteiger partial charge in [-0.3, -0.25) is 4.79 Å². The van der Waals surface area contributed by atoms with E-state index in [1.54, 1.807) is 30.3 Å². The van der Waals surface area contributed by atoms with Crippen LogP contribution in [0.5, 0.6) is 0 Å². The lowest BCUT2D eigenvalue weighted by molar-refractivity contribution is -0.138. The van der Waals surface area contributed by atoms with Gasteiger partial charge in [-0.15, -0.1) is 0 Å². The molecule has 1 aromatic carbocycles. The topological polar surface area (TPSA) is 74.6 Å². The van der Waals surface area contributed by atoms with Crippen LogP contribution >= 0.6 is 8.03 Å². The van der Waals surface area contributed by atoms with E-state index in [2.05, 4.69) is 0 Å². The summed E-state index contributed by atoms with van der Waals surface area (Å²) in [5.74, 6) is -1.96. The molecule has 0 fully saturated rings. The van der Waals surface area contributed by atoms with Crippen LogP contribution in [-0.4, -0.2) is 21.6 Å². The maximum Gasteiger partial charge on any atom is 0.509 e. The molecule has 0 aliphatic carbocycles. The molecule has 0 radical (unpaired) electrons. The fourth-order valence-corrected chi connectivity index (χ4v) is 2.92. The number of carbonyl (C=O) groups is 1. The van der Waals surface area contributed by atoms with Crippen LogP contribution in [0.25, 0.3) is 0 Å². The van der Waals surface area contributed by atoms with Crippen LogP contribution in [0.4, 0.5) is 0 Å². The summed E-state index contributed by atoms with van der Waals surface area (Å²) in [5.41, 5.74) is -0.147. The summed E-state index contributed by atoms with van der Waals surface area (Å²) in [7, 11) is -2.50. The van der Waals surface area contributed by atoms with E-state index in [0.29, 0.717) is 18.4 Å². The number of hydrogen-bond donors (Lipinski definition) is 2. The van der Waals surface area contributed by atoms with Gasteiger partial charge in [-0.1, -0.05) is 43.7 Å². The van der Waals surface area contributed by atoms with Gasteiger partial charge in [0.2, 0.25) is 5.66 Å². The van der Waals surface area contributed by atoms with E-state index >= 15 is 0 Å². The minimum absolute atomic E-state index is 0.428. The Morgan fingerprint density at radius 1 is 1.35 bits per heavy atom. The first-order valence-electron chi connectivity index (χ1n) is 5.51. The molecule has 17 heavy (non-hydrogen) atoms. The molecular weight excluding hydrogens is 239 g/mol. The van der Waals surface area contributed by atoms with Crippen molar-refractivity contribution >= 4 is 14.0 Å². The molecule has 0 saturated heterocycles. The van der Waals surface area contributed by atoms with Gasteiger partial charge in [0, 0.05) is 0 Å². The third kappa shape index (κ3) is 3.62. The quantitative estimate of drug-likeness (QED) is 0.766. The molecule has 92 valence electrons. The van der Waals surface area contributed by atoms with Crippen molar-refractivity contribution in [2.75, 3.05) is 0 Å². The molecule has 0 spiro atoms. The molecule has 0 aliphatic heterocycles. The molecule has 0 amide bonds. The molecule has 0 bridgehead atoms. The van der Waals surface area contributed by atoms with Crippen LogP contribution in [0.15, 0.2) is 30.3 Å². The lowest BCUT2D eigenvalue weighted by Crippen LogP contribution is -2.23. The molecule has 3 atom stereocenters. The number of aliphatic carboxylic acids is 1. The van der Waals surface area contributed by atoms with Gasteiger partial charge in [0.1, 0.15) is 5.92 Å². The van der Waals surface area contributed by atoms with E-state index < -0.39 is 25.6 Å². The van der Waals surface area contributed by atoms with Crippen molar-refractivity contribution in [3.8, 4) is 0 Å². The highest BCUT2D eigenvalue weighted by atomic mass is 31.1. The first-order chi connectivity index (χ1) is 8.07. The van der Waals surface area contributed by atoms with Crippen molar-refractivity contribution in [1.29, 1.82) is 0 Å². The van der Waals surface area contributed by atoms with E-state index in [-0.39, 0.29) is 0 Å². The zero-order valence-electron chi connectivity index (χ0n) is 9.61. The van der Waals surface area contributed by atoms with E-state index in [1.807, 2.05) is 6.92 Å². The summed E-state index contributed by atoms with van der Waals surface area (Å²) in [6.07, 6.45) is 1.11. The minimum Gasteiger partial charge on any atom is -0.481 e. The molecule has 0 aromatic heterocycles. The Bertz CT molecular complexity index is 391. The van der Waals surface area contributed by atoms with E-state index in [1.165, 1.54) is 0 Å². The average Bonchev–Trinajstić information content (AvgIpc) is 2.29. The van der Waals surface area contributed by atoms with Crippen molar-refractivity contribution in [3.63, 3.8) is 0 Å². The molecule has 4 nitrogen and oxygen atoms in total. The number of carboxylic acid groups (broad SMARTS) is 1. The maximum atomic E-state index is 11.3. The zero-order valence-corrected chi connectivity index (χ0v) is 10.5. The molecule has 2 N–H and O–H groups in total. The number of benzene rings is 1. The fraction of sp³-hybridized carbons (Fsp3) is 0.417. The third-order valence-corrected chi connectivity index (χ3v) is 3.80. The smallest absolute Gasteiger partial charge is 0.481 e. The molecule has 0 saturated carbocycles. The summed E-state index contributed by atoms with van der Waals surface area (Å²) < 4.78 is 11.3. The highest BCUT2D eigenvalue weighted by Crippen LogP contribution is 2.38. The largest absolute Gasteiger partial charge is 0.509 e. The summed E-state index contributed by atoms with van der Waals surface area (Å²) in [4.78, 5) is 20.6. The molecule has 3 unspecified atom stereocenters. The molecule has 0 heterocycles. The highest BCUT2D eigenvalue weighted by molar-refractivity contribution is 7.39. The van der Waals surface area contributed by atoms with Gasteiger partial charge in [-0.2, -0.15) is 4.89 Å². The van der Waals surface area contributed by atoms with Crippen LogP contribution in [0, 0.1) is 0 Å². The second-order valence-electron chi connectivity index (χ2n) is 3.89. The first-order valence-corrected chi connectivity index (χ1v) is 6.79. The summed E-state index contributed by atoms with van der Waals surface area (Å²) in [6, 6.07) is 8.62. The maximum absolute atomic E-state index is 11.3. The number of rotatable bonds is 6. The predicted molar refractivity (Wildman–Crippen MR) is 65.3 cm³/mol. The summed E-state index contributed by atoms with van der Waals surface area (Å²) in [5, 5.41) is 9.23. The lowest BCUT2D eigenvalue weighted by Gasteiger charge is -2.14. The molecule has 1 aromatic rings. The third-order valence-electron chi connectivity index (χ3n) is 2.68. The SMILES string of the molecule is CCCC(C(C(=O)O)c1ccccc1)[P+](=O)O. The van der Waals surface area contributed by atoms with Crippen molar-refractivity contribution < 1.29 is 19.4 Å². The minimum atomic E-state index is -2.50. The van der Waals surface area contributed by atoms with Crippen LogP contribution < -0.4 is 0 Å². The van der Waals surface area contributed by atoms with Gasteiger partial charge < -0.3 is 5.11 Å². The van der Waals surface area contributed by atoms with Gasteiger partial charge in [-0.25, -0.2) is 0 Å². The monoisotopic (exact) mass is 255 g/mol. The van der Waals surface area contributed by atoms with Crippen LogP contribution in [0.3, 0.4) is 0 Å². The zero-order chi connectivity index (χ0) is 12.8. The second kappa shape index (κ2) is 6.48.